The molecule has 5 nitrogen and oxygen atoms in total. The van der Waals surface area contributed by atoms with Crippen molar-refractivity contribution in [3.63, 3.8) is 0 Å². The van der Waals surface area contributed by atoms with Gasteiger partial charge in [-0.3, -0.25) is 4.79 Å². The van der Waals surface area contributed by atoms with Crippen molar-refractivity contribution >= 4 is 12.0 Å². The average molecular weight is 344 g/mol. The third kappa shape index (κ3) is 5.14. The fourth-order valence-electron chi connectivity index (χ4n) is 2.63. The Hall–Kier alpha value is -2.25. The van der Waals surface area contributed by atoms with Crippen LogP contribution in [-0.4, -0.2) is 29.7 Å². The van der Waals surface area contributed by atoms with Crippen LogP contribution in [0.4, 0.5) is 18.0 Å². The van der Waals surface area contributed by atoms with E-state index in [4.69, 9.17) is 5.11 Å². The highest BCUT2D eigenvalue weighted by molar-refractivity contribution is 5.74. The largest absolute Gasteiger partial charge is 0.481 e. The van der Waals surface area contributed by atoms with Crippen LogP contribution in [0.3, 0.4) is 0 Å². The molecule has 0 radical (unpaired) electrons. The second kappa shape index (κ2) is 7.55. The Morgan fingerprint density at radius 2 is 1.79 bits per heavy atom. The maximum Gasteiger partial charge on any atom is 0.416 e. The highest BCUT2D eigenvalue weighted by Crippen LogP contribution is 2.38. The fraction of sp³-hybridized carbons (Fsp3) is 0.500. The van der Waals surface area contributed by atoms with E-state index in [0.29, 0.717) is 19.3 Å². The summed E-state index contributed by atoms with van der Waals surface area (Å²) >= 11 is 0. The van der Waals surface area contributed by atoms with Gasteiger partial charge < -0.3 is 15.7 Å². The molecule has 24 heavy (non-hydrogen) atoms. The van der Waals surface area contributed by atoms with Crippen LogP contribution in [0.5, 0.6) is 0 Å². The number of halogens is 3. The van der Waals surface area contributed by atoms with Crippen molar-refractivity contribution in [1.82, 2.24) is 10.6 Å². The van der Waals surface area contributed by atoms with Gasteiger partial charge >= 0.3 is 18.2 Å². The third-order valence-corrected chi connectivity index (χ3v) is 4.04. The minimum Gasteiger partial charge on any atom is -0.481 e. The molecule has 0 bridgehead atoms. The van der Waals surface area contributed by atoms with E-state index in [1.165, 1.54) is 12.1 Å². The first kappa shape index (κ1) is 18.1. The van der Waals surface area contributed by atoms with Crippen molar-refractivity contribution in [3.8, 4) is 0 Å². The lowest BCUT2D eigenvalue weighted by Crippen LogP contribution is -2.47. The van der Waals surface area contributed by atoms with E-state index in [2.05, 4.69) is 10.6 Å². The number of aliphatic carboxylic acids is 1. The normalized spacial score (nSPS) is 20.1. The Morgan fingerprint density at radius 3 is 2.33 bits per heavy atom. The minimum absolute atomic E-state index is 0.000294. The van der Waals surface area contributed by atoms with Gasteiger partial charge in [0.15, 0.2) is 0 Å². The molecule has 2 amide bonds. The summed E-state index contributed by atoms with van der Waals surface area (Å²) in [6, 6.07) is 4.75. The zero-order chi connectivity index (χ0) is 17.7. The van der Waals surface area contributed by atoms with E-state index in [0.717, 1.165) is 17.7 Å². The number of hydrogen-bond donors (Lipinski definition) is 3. The molecule has 8 heteroatoms. The molecule has 0 aliphatic heterocycles. The molecular weight excluding hydrogens is 325 g/mol. The maximum atomic E-state index is 12.5. The molecule has 2 rings (SSSR count). The van der Waals surface area contributed by atoms with Crippen molar-refractivity contribution in [1.29, 1.82) is 0 Å². The second-order valence-corrected chi connectivity index (χ2v) is 5.88. The molecule has 1 fully saturated rings. The van der Waals surface area contributed by atoms with Crippen molar-refractivity contribution in [2.45, 2.75) is 43.8 Å². The van der Waals surface area contributed by atoms with Crippen LogP contribution in [-0.2, 0) is 11.0 Å². The lowest BCUT2D eigenvalue weighted by atomic mass is 9.76. The van der Waals surface area contributed by atoms with Crippen LogP contribution in [0, 0.1) is 0 Å². The van der Waals surface area contributed by atoms with E-state index in [1.807, 2.05) is 0 Å². The number of carboxylic acid groups (broad SMARTS) is 1. The number of alkyl halides is 3. The maximum absolute atomic E-state index is 12.5. The first-order chi connectivity index (χ1) is 11.3. The number of hydrogen-bond acceptors (Lipinski definition) is 2. The predicted molar refractivity (Wildman–Crippen MR) is 80.6 cm³/mol. The summed E-state index contributed by atoms with van der Waals surface area (Å²) in [5.41, 5.74) is 0.170. The summed E-state index contributed by atoms with van der Waals surface area (Å²) in [6.07, 6.45) is -2.62. The van der Waals surface area contributed by atoms with Gasteiger partial charge in [-0.1, -0.05) is 12.1 Å². The SMILES string of the molecule is O=C(O)CCCNC(=O)NC1CC(c2ccc(C(F)(F)F)cc2)C1. The minimum atomic E-state index is -4.33. The van der Waals surface area contributed by atoms with Gasteiger partial charge in [0, 0.05) is 19.0 Å². The Labute approximate surface area is 137 Å². The van der Waals surface area contributed by atoms with E-state index in [9.17, 15) is 22.8 Å². The molecule has 1 aromatic carbocycles. The summed E-state index contributed by atoms with van der Waals surface area (Å²) in [5.74, 6) is -0.764. The number of rotatable bonds is 6. The summed E-state index contributed by atoms with van der Waals surface area (Å²) in [6.45, 7) is 0.285. The van der Waals surface area contributed by atoms with Gasteiger partial charge in [-0.2, -0.15) is 13.2 Å². The molecule has 132 valence electrons. The first-order valence-electron chi connectivity index (χ1n) is 7.69. The molecule has 1 aliphatic rings. The Bertz CT molecular complexity index is 581. The molecule has 1 saturated carbocycles. The van der Waals surface area contributed by atoms with Gasteiger partial charge in [0.05, 0.1) is 5.56 Å². The molecule has 1 aromatic rings. The first-order valence-corrected chi connectivity index (χ1v) is 7.69. The van der Waals surface area contributed by atoms with E-state index >= 15 is 0 Å². The standard InChI is InChI=1S/C16H19F3N2O3/c17-16(18,19)12-5-3-10(4-6-12)11-8-13(9-11)21-15(24)20-7-1-2-14(22)23/h3-6,11,13H,1-2,7-9H2,(H,22,23)(H2,20,21,24). The van der Waals surface area contributed by atoms with Crippen LogP contribution in [0.15, 0.2) is 24.3 Å². The Balaban J connectivity index is 1.69. The molecule has 3 N–H and O–H groups in total. The number of carboxylic acids is 1. The lowest BCUT2D eigenvalue weighted by molar-refractivity contribution is -0.138. The average Bonchev–Trinajstić information content (AvgIpc) is 2.46. The summed E-state index contributed by atoms with van der Waals surface area (Å²) < 4.78 is 37.5. The topological polar surface area (TPSA) is 78.4 Å². The lowest BCUT2D eigenvalue weighted by Gasteiger charge is -2.36. The number of carbonyl (C=O) groups is 2. The molecule has 0 heterocycles. The molecular formula is C16H19F3N2O3. The predicted octanol–water partition coefficient (Wildman–Crippen LogP) is 3.12. The Morgan fingerprint density at radius 1 is 1.17 bits per heavy atom. The van der Waals surface area contributed by atoms with Gasteiger partial charge in [-0.25, -0.2) is 4.79 Å². The van der Waals surface area contributed by atoms with E-state index < -0.39 is 17.7 Å². The molecule has 0 unspecified atom stereocenters. The van der Waals surface area contributed by atoms with Gasteiger partial charge in [0.2, 0.25) is 0 Å². The zero-order valence-corrected chi connectivity index (χ0v) is 12.9. The number of benzene rings is 1. The zero-order valence-electron chi connectivity index (χ0n) is 12.9. The fourth-order valence-corrected chi connectivity index (χ4v) is 2.63. The number of amides is 2. The molecule has 0 aromatic heterocycles. The van der Waals surface area contributed by atoms with E-state index in [-0.39, 0.29) is 31.0 Å². The van der Waals surface area contributed by atoms with E-state index in [1.54, 1.807) is 0 Å². The van der Waals surface area contributed by atoms with Crippen LogP contribution in [0.25, 0.3) is 0 Å². The molecule has 0 spiro atoms. The summed E-state index contributed by atoms with van der Waals surface area (Å²) in [4.78, 5) is 21.9. The van der Waals surface area contributed by atoms with Crippen LogP contribution >= 0.6 is 0 Å². The van der Waals surface area contributed by atoms with Crippen LogP contribution in [0.2, 0.25) is 0 Å². The quantitative estimate of drug-likeness (QED) is 0.694. The highest BCUT2D eigenvalue weighted by atomic mass is 19.4. The monoisotopic (exact) mass is 344 g/mol. The Kier molecular flexibility index (Phi) is 5.69. The highest BCUT2D eigenvalue weighted by Gasteiger charge is 2.33. The van der Waals surface area contributed by atoms with Crippen LogP contribution in [0.1, 0.15) is 42.7 Å². The van der Waals surface area contributed by atoms with Crippen molar-refractivity contribution in [3.05, 3.63) is 35.4 Å². The number of urea groups is 1. The van der Waals surface area contributed by atoms with Gasteiger partial charge in [-0.05, 0) is 42.9 Å². The van der Waals surface area contributed by atoms with Crippen molar-refractivity contribution in [2.75, 3.05) is 6.54 Å². The third-order valence-electron chi connectivity index (χ3n) is 4.04. The summed E-state index contributed by atoms with van der Waals surface area (Å²) in [5, 5.41) is 13.8. The van der Waals surface area contributed by atoms with Crippen molar-refractivity contribution < 1.29 is 27.9 Å². The second-order valence-electron chi connectivity index (χ2n) is 5.88. The molecule has 0 atom stereocenters. The smallest absolute Gasteiger partial charge is 0.416 e. The number of nitrogens with one attached hydrogen (secondary N) is 2. The summed E-state index contributed by atoms with van der Waals surface area (Å²) in [7, 11) is 0. The van der Waals surface area contributed by atoms with Gasteiger partial charge in [-0.15, -0.1) is 0 Å². The van der Waals surface area contributed by atoms with Crippen LogP contribution < -0.4 is 10.6 Å². The number of carbonyl (C=O) groups excluding carboxylic acids is 1. The molecule has 0 saturated heterocycles. The van der Waals surface area contributed by atoms with Gasteiger partial charge in [0.25, 0.3) is 0 Å². The van der Waals surface area contributed by atoms with Gasteiger partial charge in [0.1, 0.15) is 0 Å². The van der Waals surface area contributed by atoms with Crippen molar-refractivity contribution in [2.24, 2.45) is 0 Å². The molecule has 1 aliphatic carbocycles.